The van der Waals surface area contributed by atoms with E-state index in [0.29, 0.717) is 27.0 Å². The quantitative estimate of drug-likeness (QED) is 0.451. The van der Waals surface area contributed by atoms with Gasteiger partial charge in [-0.15, -0.1) is 0 Å². The minimum absolute atomic E-state index is 0.0132. The number of nitrogens with one attached hydrogen (secondary N) is 1. The molecule has 4 aliphatic carbocycles. The molecule has 7 heteroatoms. The van der Waals surface area contributed by atoms with E-state index >= 15 is 0 Å². The van der Waals surface area contributed by atoms with E-state index in [9.17, 15) is 9.59 Å². The summed E-state index contributed by atoms with van der Waals surface area (Å²) < 4.78 is 6.20. The van der Waals surface area contributed by atoms with Crippen molar-refractivity contribution in [2.75, 3.05) is 0 Å². The van der Waals surface area contributed by atoms with Crippen molar-refractivity contribution in [3.05, 3.63) is 34.7 Å². The second kappa shape index (κ2) is 8.49. The summed E-state index contributed by atoms with van der Waals surface area (Å²) in [5.74, 6) is 2.56. The molecule has 32 heavy (non-hydrogen) atoms. The fraction of sp³-hybridized carbons (Fsp3) is 0.560. The zero-order chi connectivity index (χ0) is 22.5. The van der Waals surface area contributed by atoms with Crippen molar-refractivity contribution in [3.8, 4) is 5.75 Å². The molecule has 1 aliphatic heterocycles. The van der Waals surface area contributed by atoms with Gasteiger partial charge in [-0.3, -0.25) is 15.0 Å². The van der Waals surface area contributed by atoms with Crippen LogP contribution in [0.1, 0.15) is 64.4 Å². The molecule has 0 aromatic heterocycles. The van der Waals surface area contributed by atoms with E-state index < -0.39 is 0 Å². The fourth-order valence-electron chi connectivity index (χ4n) is 6.28. The predicted octanol–water partition coefficient (Wildman–Crippen LogP) is 5.31. The Hall–Kier alpha value is -1.86. The standard InChI is InChI=1S/C25H30N2O3S2/c1-3-15(2)30-20-6-4-16(5-7-20)11-21-22(28)27(24(31)32-21)26-23(29)25-12-17-8-18(13-25)10-19(9-17)14-25/h4-7,11,15,17-19H,3,8-10,12-14H2,1-2H3,(H,26,29)/b21-11-. The van der Waals surface area contributed by atoms with Crippen molar-refractivity contribution in [3.63, 3.8) is 0 Å². The van der Waals surface area contributed by atoms with Crippen LogP contribution in [0.5, 0.6) is 5.75 Å². The minimum atomic E-state index is -0.312. The summed E-state index contributed by atoms with van der Waals surface area (Å²) >= 11 is 6.68. The predicted molar refractivity (Wildman–Crippen MR) is 131 cm³/mol. The lowest BCUT2D eigenvalue weighted by molar-refractivity contribution is -0.152. The number of carbonyl (C=O) groups excluding carboxylic acids is 2. The fourth-order valence-corrected chi connectivity index (χ4v) is 7.46. The van der Waals surface area contributed by atoms with Gasteiger partial charge in [-0.05, 0) is 106 Å². The minimum Gasteiger partial charge on any atom is -0.491 e. The molecule has 1 saturated heterocycles. The highest BCUT2D eigenvalue weighted by atomic mass is 32.2. The zero-order valence-electron chi connectivity index (χ0n) is 18.6. The Kier molecular flexibility index (Phi) is 5.82. The molecule has 5 aliphatic rings. The number of carbonyl (C=O) groups is 2. The van der Waals surface area contributed by atoms with Crippen LogP contribution in [0.4, 0.5) is 0 Å². The summed E-state index contributed by atoms with van der Waals surface area (Å²) in [7, 11) is 0. The highest BCUT2D eigenvalue weighted by Gasteiger charge is 2.55. The highest BCUT2D eigenvalue weighted by Crippen LogP contribution is 2.60. The van der Waals surface area contributed by atoms with Crippen LogP contribution in [0.2, 0.25) is 0 Å². The van der Waals surface area contributed by atoms with E-state index in [2.05, 4.69) is 12.3 Å². The van der Waals surface area contributed by atoms with Crippen LogP contribution in [0.3, 0.4) is 0 Å². The Balaban J connectivity index is 1.26. The molecule has 1 heterocycles. The lowest BCUT2D eigenvalue weighted by Gasteiger charge is -2.55. The first-order chi connectivity index (χ1) is 15.3. The van der Waals surface area contributed by atoms with Gasteiger partial charge in [0.1, 0.15) is 5.75 Å². The molecule has 5 nitrogen and oxygen atoms in total. The number of amides is 2. The van der Waals surface area contributed by atoms with Gasteiger partial charge in [0.25, 0.3) is 5.91 Å². The Morgan fingerprint density at radius 1 is 1.22 bits per heavy atom. The van der Waals surface area contributed by atoms with Crippen LogP contribution >= 0.6 is 24.0 Å². The van der Waals surface area contributed by atoms with Gasteiger partial charge in [-0.2, -0.15) is 5.01 Å². The largest absolute Gasteiger partial charge is 0.491 e. The number of nitrogens with zero attached hydrogens (tertiary/aromatic N) is 1. The molecule has 1 atom stereocenters. The second-order valence-electron chi connectivity index (χ2n) is 10.1. The average Bonchev–Trinajstić information content (AvgIpc) is 3.01. The van der Waals surface area contributed by atoms with E-state index in [-0.39, 0.29) is 23.3 Å². The number of hydrogen-bond donors (Lipinski definition) is 1. The summed E-state index contributed by atoms with van der Waals surface area (Å²) in [5.41, 5.74) is 3.50. The maximum Gasteiger partial charge on any atom is 0.285 e. The Morgan fingerprint density at radius 2 is 1.81 bits per heavy atom. The number of benzene rings is 1. The highest BCUT2D eigenvalue weighted by molar-refractivity contribution is 8.26. The summed E-state index contributed by atoms with van der Waals surface area (Å²) in [6.45, 7) is 4.12. The number of rotatable bonds is 6. The summed E-state index contributed by atoms with van der Waals surface area (Å²) in [5, 5.41) is 1.28. The molecule has 1 N–H and O–H groups in total. The first kappa shape index (κ1) is 22.0. The first-order valence-electron chi connectivity index (χ1n) is 11.7. The third kappa shape index (κ3) is 4.10. The van der Waals surface area contributed by atoms with E-state index in [1.54, 1.807) is 0 Å². The molecule has 1 aromatic rings. The van der Waals surface area contributed by atoms with Crippen LogP contribution < -0.4 is 10.2 Å². The van der Waals surface area contributed by atoms with Crippen LogP contribution in [-0.2, 0) is 9.59 Å². The third-order valence-corrected chi connectivity index (χ3v) is 8.92. The molecule has 1 unspecified atom stereocenters. The first-order valence-corrected chi connectivity index (χ1v) is 12.9. The Morgan fingerprint density at radius 3 is 2.38 bits per heavy atom. The van der Waals surface area contributed by atoms with Gasteiger partial charge in [0.2, 0.25) is 5.91 Å². The van der Waals surface area contributed by atoms with Gasteiger partial charge in [-0.25, -0.2) is 0 Å². The van der Waals surface area contributed by atoms with Crippen molar-refractivity contribution in [2.45, 2.75) is 64.9 Å². The number of thiocarbonyl (C=S) groups is 1. The van der Waals surface area contributed by atoms with E-state index in [0.717, 1.165) is 37.0 Å². The van der Waals surface area contributed by atoms with Gasteiger partial charge in [-0.1, -0.05) is 30.8 Å². The Bertz CT molecular complexity index is 937. The number of hydrogen-bond acceptors (Lipinski definition) is 5. The van der Waals surface area contributed by atoms with Crippen molar-refractivity contribution < 1.29 is 14.3 Å². The van der Waals surface area contributed by atoms with E-state index in [1.807, 2.05) is 37.3 Å². The van der Waals surface area contributed by atoms with Crippen molar-refractivity contribution in [2.24, 2.45) is 23.2 Å². The van der Waals surface area contributed by atoms with E-state index in [4.69, 9.17) is 17.0 Å². The average molecular weight is 471 g/mol. The van der Waals surface area contributed by atoms with Gasteiger partial charge >= 0.3 is 0 Å². The van der Waals surface area contributed by atoms with Crippen LogP contribution in [0.15, 0.2) is 29.2 Å². The SMILES string of the molecule is CCC(C)Oc1ccc(/C=C2\SC(=S)N(NC(=O)C34CC5CC(CC(C5)C3)C4)C2=O)cc1. The molecule has 4 bridgehead atoms. The van der Waals surface area contributed by atoms with Gasteiger partial charge < -0.3 is 4.74 Å². The van der Waals surface area contributed by atoms with Gasteiger partial charge in [0.15, 0.2) is 4.32 Å². The van der Waals surface area contributed by atoms with Gasteiger partial charge in [0, 0.05) is 0 Å². The monoisotopic (exact) mass is 470 g/mol. The van der Waals surface area contributed by atoms with Crippen molar-refractivity contribution in [1.29, 1.82) is 0 Å². The third-order valence-electron chi connectivity index (χ3n) is 7.62. The maximum absolute atomic E-state index is 13.4. The van der Waals surface area contributed by atoms with Crippen LogP contribution in [-0.4, -0.2) is 27.2 Å². The summed E-state index contributed by atoms with van der Waals surface area (Å²) in [4.78, 5) is 26.9. The number of ether oxygens (including phenoxy) is 1. The van der Waals surface area contributed by atoms with E-state index in [1.165, 1.54) is 36.0 Å². The Labute approximate surface area is 199 Å². The molecule has 5 fully saturated rings. The smallest absolute Gasteiger partial charge is 0.285 e. The molecular weight excluding hydrogens is 440 g/mol. The topological polar surface area (TPSA) is 58.6 Å². The van der Waals surface area contributed by atoms with Crippen molar-refractivity contribution in [1.82, 2.24) is 10.4 Å². The molecule has 2 amide bonds. The molecule has 170 valence electrons. The molecule has 6 rings (SSSR count). The maximum atomic E-state index is 13.4. The zero-order valence-corrected chi connectivity index (χ0v) is 20.3. The number of thioether (sulfide) groups is 1. The summed E-state index contributed by atoms with van der Waals surface area (Å²) in [6.07, 6.45) is 9.63. The second-order valence-corrected chi connectivity index (χ2v) is 11.7. The molecule has 0 radical (unpaired) electrons. The van der Waals surface area contributed by atoms with Crippen LogP contribution in [0, 0.1) is 23.2 Å². The number of hydrazine groups is 1. The van der Waals surface area contributed by atoms with Gasteiger partial charge in [0.05, 0.1) is 16.4 Å². The molecule has 0 spiro atoms. The lowest BCUT2D eigenvalue weighted by atomic mass is 9.49. The summed E-state index contributed by atoms with van der Waals surface area (Å²) in [6, 6.07) is 7.68. The lowest BCUT2D eigenvalue weighted by Crippen LogP contribution is -2.57. The van der Waals surface area contributed by atoms with Crippen LogP contribution in [0.25, 0.3) is 6.08 Å². The molecule has 4 saturated carbocycles. The normalized spacial score (nSPS) is 33.1. The van der Waals surface area contributed by atoms with Crippen molar-refractivity contribution >= 4 is 46.2 Å². The molecular formula is C25H30N2O3S2. The molecule has 1 aromatic carbocycles.